The van der Waals surface area contributed by atoms with Crippen LogP contribution >= 0.6 is 34.2 Å². The Morgan fingerprint density at radius 1 is 1.30 bits per heavy atom. The van der Waals surface area contributed by atoms with E-state index in [-0.39, 0.29) is 0 Å². The lowest BCUT2D eigenvalue weighted by Gasteiger charge is -1.99. The molecule has 1 rings (SSSR count). The van der Waals surface area contributed by atoms with E-state index < -0.39 is 0 Å². The Hall–Kier alpha value is 0.1000. The summed E-state index contributed by atoms with van der Waals surface area (Å²) in [6, 6.07) is 0. The minimum atomic E-state index is 0.659. The summed E-state index contributed by atoms with van der Waals surface area (Å²) in [6.07, 6.45) is 0. The van der Waals surface area contributed by atoms with Gasteiger partial charge in [0.15, 0.2) is 0 Å². The van der Waals surface area contributed by atoms with Crippen LogP contribution in [0.4, 0.5) is 0 Å². The van der Waals surface area contributed by atoms with Gasteiger partial charge in [-0.15, -0.1) is 0 Å². The summed E-state index contributed by atoms with van der Waals surface area (Å²) >= 11 is 7.91. The van der Waals surface area contributed by atoms with E-state index in [0.29, 0.717) is 5.02 Å². The summed E-state index contributed by atoms with van der Waals surface area (Å²) in [4.78, 5) is 8.16. The van der Waals surface area contributed by atoms with Gasteiger partial charge in [0.1, 0.15) is 9.53 Å². The predicted octanol–water partition coefficient (Wildman–Crippen LogP) is 2.35. The van der Waals surface area contributed by atoms with Crippen molar-refractivity contribution in [2.75, 3.05) is 0 Å². The van der Waals surface area contributed by atoms with E-state index in [1.54, 1.807) is 0 Å². The van der Waals surface area contributed by atoms with E-state index in [4.69, 9.17) is 11.6 Å². The summed E-state index contributed by atoms with van der Waals surface area (Å²) in [5.74, 6) is 0.770. The van der Waals surface area contributed by atoms with E-state index >= 15 is 0 Å². The van der Waals surface area contributed by atoms with E-state index in [9.17, 15) is 0 Å². The fourth-order valence-corrected chi connectivity index (χ4v) is 1.48. The molecular weight excluding hydrogens is 262 g/mol. The highest BCUT2D eigenvalue weighted by molar-refractivity contribution is 14.1. The summed E-state index contributed by atoms with van der Waals surface area (Å²) in [6.45, 7) is 3.73. The zero-order valence-corrected chi connectivity index (χ0v) is 8.56. The Balaban J connectivity index is 3.31. The molecule has 54 valence electrons. The van der Waals surface area contributed by atoms with Gasteiger partial charge < -0.3 is 0 Å². The number of hydrogen-bond acceptors (Lipinski definition) is 2. The second kappa shape index (κ2) is 3.00. The SMILES string of the molecule is Cc1nc(C)c(Cl)c(I)n1. The molecule has 0 saturated carbocycles. The van der Waals surface area contributed by atoms with Crippen LogP contribution in [0.25, 0.3) is 0 Å². The zero-order chi connectivity index (χ0) is 7.72. The number of nitrogens with zero attached hydrogens (tertiary/aromatic N) is 2. The van der Waals surface area contributed by atoms with Gasteiger partial charge in [0.2, 0.25) is 0 Å². The minimum absolute atomic E-state index is 0.659. The van der Waals surface area contributed by atoms with Gasteiger partial charge in [-0.2, -0.15) is 0 Å². The van der Waals surface area contributed by atoms with Crippen LogP contribution in [0.5, 0.6) is 0 Å². The molecule has 0 bridgehead atoms. The van der Waals surface area contributed by atoms with Crippen molar-refractivity contribution in [3.05, 3.63) is 20.2 Å². The van der Waals surface area contributed by atoms with Gasteiger partial charge in [-0.05, 0) is 36.4 Å². The maximum Gasteiger partial charge on any atom is 0.126 e. The van der Waals surface area contributed by atoms with Gasteiger partial charge in [-0.25, -0.2) is 9.97 Å². The van der Waals surface area contributed by atoms with Gasteiger partial charge in [0.25, 0.3) is 0 Å². The minimum Gasteiger partial charge on any atom is -0.237 e. The van der Waals surface area contributed by atoms with Crippen molar-refractivity contribution < 1.29 is 0 Å². The number of aromatic nitrogens is 2. The molecule has 4 heteroatoms. The smallest absolute Gasteiger partial charge is 0.126 e. The molecule has 2 nitrogen and oxygen atoms in total. The van der Waals surface area contributed by atoms with Crippen LogP contribution in [0.1, 0.15) is 11.5 Å². The Labute approximate surface area is 78.2 Å². The molecule has 1 aromatic heterocycles. The molecule has 0 radical (unpaired) electrons. The molecule has 0 aliphatic heterocycles. The first kappa shape index (κ1) is 8.20. The van der Waals surface area contributed by atoms with Crippen molar-refractivity contribution in [1.29, 1.82) is 0 Å². The molecule has 0 spiro atoms. The molecule has 10 heavy (non-hydrogen) atoms. The first-order valence-electron chi connectivity index (χ1n) is 2.77. The third-order valence-corrected chi connectivity index (χ3v) is 2.64. The number of aryl methyl sites for hydroxylation is 2. The highest BCUT2D eigenvalue weighted by atomic mass is 127. The topological polar surface area (TPSA) is 25.8 Å². The van der Waals surface area contributed by atoms with Gasteiger partial charge in [0, 0.05) is 0 Å². The molecule has 0 N–H and O–H groups in total. The van der Waals surface area contributed by atoms with E-state index in [1.807, 2.05) is 13.8 Å². The molecule has 0 fully saturated rings. The fourth-order valence-electron chi connectivity index (χ4n) is 0.657. The second-order valence-corrected chi connectivity index (χ2v) is 3.36. The average Bonchev–Trinajstić information content (AvgIpc) is 1.82. The molecule has 0 atom stereocenters. The quantitative estimate of drug-likeness (QED) is 0.533. The number of halogens is 2. The number of hydrogen-bond donors (Lipinski definition) is 0. The molecule has 1 aromatic rings. The lowest BCUT2D eigenvalue weighted by molar-refractivity contribution is 0.992. The van der Waals surface area contributed by atoms with Crippen LogP contribution < -0.4 is 0 Å². The van der Waals surface area contributed by atoms with Crippen LogP contribution in [0.3, 0.4) is 0 Å². The van der Waals surface area contributed by atoms with E-state index in [0.717, 1.165) is 15.2 Å². The summed E-state index contributed by atoms with van der Waals surface area (Å²) < 4.78 is 0.823. The van der Waals surface area contributed by atoms with Crippen LogP contribution in [-0.4, -0.2) is 9.97 Å². The summed E-state index contributed by atoms with van der Waals surface area (Å²) in [5.41, 5.74) is 0.846. The van der Waals surface area contributed by atoms with Crippen LogP contribution in [-0.2, 0) is 0 Å². The Kier molecular flexibility index (Phi) is 2.46. The maximum atomic E-state index is 5.82. The van der Waals surface area contributed by atoms with Crippen molar-refractivity contribution in [3.8, 4) is 0 Å². The van der Waals surface area contributed by atoms with Crippen molar-refractivity contribution in [1.82, 2.24) is 9.97 Å². The van der Waals surface area contributed by atoms with Crippen molar-refractivity contribution in [3.63, 3.8) is 0 Å². The molecule has 0 aliphatic carbocycles. The lowest BCUT2D eigenvalue weighted by Crippen LogP contribution is -1.94. The standard InChI is InChI=1S/C6H6ClIN2/c1-3-5(7)6(8)10-4(2)9-3/h1-2H3. The van der Waals surface area contributed by atoms with Gasteiger partial charge in [-0.3, -0.25) is 0 Å². The van der Waals surface area contributed by atoms with Gasteiger partial charge >= 0.3 is 0 Å². The summed E-state index contributed by atoms with van der Waals surface area (Å²) in [7, 11) is 0. The third-order valence-electron chi connectivity index (χ3n) is 1.09. The van der Waals surface area contributed by atoms with Gasteiger partial charge in [0.05, 0.1) is 10.7 Å². The zero-order valence-electron chi connectivity index (χ0n) is 5.65. The van der Waals surface area contributed by atoms with Crippen LogP contribution in [0.2, 0.25) is 5.02 Å². The van der Waals surface area contributed by atoms with Gasteiger partial charge in [-0.1, -0.05) is 11.6 Å². The Morgan fingerprint density at radius 2 is 1.90 bits per heavy atom. The fraction of sp³-hybridized carbons (Fsp3) is 0.333. The van der Waals surface area contributed by atoms with Crippen molar-refractivity contribution >= 4 is 34.2 Å². The van der Waals surface area contributed by atoms with Crippen LogP contribution in [0, 0.1) is 17.5 Å². The van der Waals surface area contributed by atoms with Crippen LogP contribution in [0.15, 0.2) is 0 Å². The highest BCUT2D eigenvalue weighted by Gasteiger charge is 2.02. The molecule has 0 saturated heterocycles. The average molecular weight is 268 g/mol. The van der Waals surface area contributed by atoms with Crippen molar-refractivity contribution in [2.24, 2.45) is 0 Å². The third kappa shape index (κ3) is 1.58. The molecule has 0 aromatic carbocycles. The molecular formula is C6H6ClIN2. The Bertz CT molecular complexity index is 239. The number of rotatable bonds is 0. The van der Waals surface area contributed by atoms with E-state index in [2.05, 4.69) is 32.6 Å². The molecule has 0 aliphatic rings. The monoisotopic (exact) mass is 268 g/mol. The first-order valence-corrected chi connectivity index (χ1v) is 4.23. The molecule has 1 heterocycles. The molecule has 0 amide bonds. The Morgan fingerprint density at radius 3 is 2.40 bits per heavy atom. The predicted molar refractivity (Wildman–Crippen MR) is 49.2 cm³/mol. The molecule has 0 unspecified atom stereocenters. The maximum absolute atomic E-state index is 5.82. The normalized spacial score (nSPS) is 10.0. The highest BCUT2D eigenvalue weighted by Crippen LogP contribution is 2.18. The summed E-state index contributed by atoms with van der Waals surface area (Å²) in [5, 5.41) is 0.659. The second-order valence-electron chi connectivity index (χ2n) is 1.96. The first-order chi connectivity index (χ1) is 4.61. The van der Waals surface area contributed by atoms with Crippen molar-refractivity contribution in [2.45, 2.75) is 13.8 Å². The van der Waals surface area contributed by atoms with E-state index in [1.165, 1.54) is 0 Å². The lowest BCUT2D eigenvalue weighted by atomic mass is 10.4. The largest absolute Gasteiger partial charge is 0.237 e.